The van der Waals surface area contributed by atoms with E-state index in [2.05, 4.69) is 47.3 Å². The van der Waals surface area contributed by atoms with E-state index in [4.69, 9.17) is 9.15 Å². The predicted octanol–water partition coefficient (Wildman–Crippen LogP) is 6.41. The Morgan fingerprint density at radius 2 is 1.91 bits per heavy atom. The fraction of sp³-hybridized carbons (Fsp3) is 0.679. The van der Waals surface area contributed by atoms with Gasteiger partial charge < -0.3 is 14.3 Å². The molecule has 0 amide bonds. The van der Waals surface area contributed by atoms with Crippen LogP contribution in [-0.2, 0) is 11.2 Å². The molecule has 1 aromatic rings. The van der Waals surface area contributed by atoms with Crippen LogP contribution < -0.4 is 5.63 Å². The number of allylic oxidation sites excluding steroid dienone is 2. The van der Waals surface area contributed by atoms with Crippen molar-refractivity contribution in [1.82, 2.24) is 0 Å². The normalized spacial score (nSPS) is 38.8. The van der Waals surface area contributed by atoms with Gasteiger partial charge in [0.25, 0.3) is 0 Å². The Hall–Kier alpha value is -1.81. The summed E-state index contributed by atoms with van der Waals surface area (Å²) in [5.41, 5.74) is 3.07. The van der Waals surface area contributed by atoms with E-state index in [1.54, 1.807) is 6.92 Å². The van der Waals surface area contributed by atoms with E-state index in [-0.39, 0.29) is 34.2 Å². The van der Waals surface area contributed by atoms with Gasteiger partial charge >= 0.3 is 5.63 Å². The second-order valence-electron chi connectivity index (χ2n) is 11.7. The summed E-state index contributed by atoms with van der Waals surface area (Å²) >= 11 is 0. The second-order valence-corrected chi connectivity index (χ2v) is 11.7. The van der Waals surface area contributed by atoms with E-state index in [1.807, 2.05) is 6.92 Å². The van der Waals surface area contributed by atoms with Gasteiger partial charge in [-0.3, -0.25) is 0 Å². The smallest absolute Gasteiger partial charge is 0.342 e. The molecule has 4 rings (SSSR count). The van der Waals surface area contributed by atoms with Crippen molar-refractivity contribution >= 4 is 0 Å². The first-order valence-electron chi connectivity index (χ1n) is 12.1. The molecule has 0 spiro atoms. The minimum Gasteiger partial charge on any atom is -0.507 e. The van der Waals surface area contributed by atoms with Gasteiger partial charge in [0.2, 0.25) is 0 Å². The Morgan fingerprint density at radius 1 is 1.22 bits per heavy atom. The van der Waals surface area contributed by atoms with Crippen LogP contribution in [0.2, 0.25) is 0 Å². The predicted molar refractivity (Wildman–Crippen MR) is 128 cm³/mol. The van der Waals surface area contributed by atoms with Crippen molar-refractivity contribution < 1.29 is 14.3 Å². The largest absolute Gasteiger partial charge is 0.507 e. The molecule has 1 N–H and O–H groups in total. The molecule has 4 nitrogen and oxygen atoms in total. The lowest BCUT2D eigenvalue weighted by atomic mass is 9.43. The fourth-order valence-corrected chi connectivity index (χ4v) is 7.44. The summed E-state index contributed by atoms with van der Waals surface area (Å²) < 4.78 is 12.2. The van der Waals surface area contributed by atoms with E-state index in [1.165, 1.54) is 11.1 Å². The van der Waals surface area contributed by atoms with E-state index in [9.17, 15) is 9.90 Å². The summed E-state index contributed by atoms with van der Waals surface area (Å²) in [6.07, 6.45) is 8.07. The summed E-state index contributed by atoms with van der Waals surface area (Å²) in [7, 11) is 0. The van der Waals surface area contributed by atoms with E-state index < -0.39 is 5.63 Å². The average molecular weight is 441 g/mol. The minimum absolute atomic E-state index is 0.00445. The molecule has 0 radical (unpaired) electrons. The quantitative estimate of drug-likeness (QED) is 0.552. The number of fused-ring (bicyclic) bond motifs is 3. The molecule has 2 saturated carbocycles. The molecule has 176 valence electrons. The molecule has 6 unspecified atom stereocenters. The molecule has 6 atom stereocenters. The standard InChI is InChI=1S/C28H40O4/c1-16(2)13-20-15-27(7)23-10-9-17(3)22(26(23,6)11-12-28(27,8)32-20)14-21-24(29)18(4)19(5)31-25(21)30/h13,20,22-23,29H,3,9-12,14-15H2,1-2,4-8H3. The number of rotatable bonds is 3. The minimum atomic E-state index is -0.413. The third-order valence-corrected chi connectivity index (χ3v) is 9.58. The third-order valence-electron chi connectivity index (χ3n) is 9.58. The molecule has 2 aliphatic carbocycles. The third kappa shape index (κ3) is 3.32. The van der Waals surface area contributed by atoms with E-state index in [0.717, 1.165) is 32.1 Å². The lowest BCUT2D eigenvalue weighted by molar-refractivity contribution is -0.165. The van der Waals surface area contributed by atoms with Crippen LogP contribution >= 0.6 is 0 Å². The first-order chi connectivity index (χ1) is 14.8. The maximum Gasteiger partial charge on any atom is 0.342 e. The van der Waals surface area contributed by atoms with Crippen molar-refractivity contribution in [2.75, 3.05) is 0 Å². The highest BCUT2D eigenvalue weighted by Gasteiger charge is 2.66. The molecule has 1 aromatic heterocycles. The van der Waals surface area contributed by atoms with Gasteiger partial charge in [0, 0.05) is 11.0 Å². The zero-order valence-corrected chi connectivity index (χ0v) is 20.9. The molecule has 2 heterocycles. The zero-order valence-electron chi connectivity index (χ0n) is 20.9. The molecule has 0 bridgehead atoms. The summed E-state index contributed by atoms with van der Waals surface area (Å²) in [6, 6.07) is 0. The molecule has 4 heteroatoms. The van der Waals surface area contributed by atoms with Gasteiger partial charge in [-0.05, 0) is 90.4 Å². The van der Waals surface area contributed by atoms with Gasteiger partial charge in [-0.2, -0.15) is 0 Å². The van der Waals surface area contributed by atoms with Crippen LogP contribution in [0.15, 0.2) is 33.0 Å². The van der Waals surface area contributed by atoms with Gasteiger partial charge in [-0.1, -0.05) is 37.6 Å². The monoisotopic (exact) mass is 440 g/mol. The van der Waals surface area contributed by atoms with Crippen molar-refractivity contribution in [3.8, 4) is 5.75 Å². The number of hydrogen-bond donors (Lipinski definition) is 1. The van der Waals surface area contributed by atoms with Crippen LogP contribution in [0.25, 0.3) is 0 Å². The van der Waals surface area contributed by atoms with Crippen molar-refractivity contribution in [2.45, 2.75) is 98.7 Å². The van der Waals surface area contributed by atoms with Crippen molar-refractivity contribution in [2.24, 2.45) is 22.7 Å². The lowest BCUT2D eigenvalue weighted by Gasteiger charge is -2.62. The molecule has 1 aliphatic heterocycles. The van der Waals surface area contributed by atoms with Crippen LogP contribution in [0, 0.1) is 36.5 Å². The average Bonchev–Trinajstić information content (AvgIpc) is 2.94. The van der Waals surface area contributed by atoms with E-state index in [0.29, 0.717) is 29.2 Å². The molecular weight excluding hydrogens is 400 g/mol. The molecule has 3 aliphatic rings. The summed E-state index contributed by atoms with van der Waals surface area (Å²) in [6.45, 7) is 19.4. The number of aryl methyl sites for hydroxylation is 1. The fourth-order valence-electron chi connectivity index (χ4n) is 7.44. The highest BCUT2D eigenvalue weighted by Crippen LogP contribution is 2.68. The number of hydrogen-bond acceptors (Lipinski definition) is 4. The Kier molecular flexibility index (Phi) is 5.56. The molecule has 32 heavy (non-hydrogen) atoms. The topological polar surface area (TPSA) is 59.7 Å². The summed E-state index contributed by atoms with van der Waals surface area (Å²) in [4.78, 5) is 12.7. The number of ether oxygens (including phenoxy) is 1. The Morgan fingerprint density at radius 3 is 2.56 bits per heavy atom. The van der Waals surface area contributed by atoms with Crippen LogP contribution in [-0.4, -0.2) is 16.8 Å². The Labute approximate surface area is 192 Å². The van der Waals surface area contributed by atoms with Crippen LogP contribution in [0.1, 0.15) is 83.6 Å². The van der Waals surface area contributed by atoms with Gasteiger partial charge in [0.05, 0.1) is 17.3 Å². The van der Waals surface area contributed by atoms with Gasteiger partial charge in [-0.25, -0.2) is 4.79 Å². The molecule has 3 fully saturated rings. The SMILES string of the molecule is C=C1CCC2C(C)(CCC3(C)OC(C=C(C)C)CC23C)C1Cc1c(O)c(C)c(C)oc1=O. The first-order valence-corrected chi connectivity index (χ1v) is 12.1. The Bertz CT molecular complexity index is 1030. The van der Waals surface area contributed by atoms with Crippen molar-refractivity contribution in [1.29, 1.82) is 0 Å². The highest BCUT2D eigenvalue weighted by atomic mass is 16.5. The Balaban J connectivity index is 1.73. The van der Waals surface area contributed by atoms with Crippen molar-refractivity contribution in [3.05, 3.63) is 51.1 Å². The van der Waals surface area contributed by atoms with Gasteiger partial charge in [0.15, 0.2) is 0 Å². The maximum absolute atomic E-state index is 12.7. The van der Waals surface area contributed by atoms with E-state index >= 15 is 0 Å². The van der Waals surface area contributed by atoms with Gasteiger partial charge in [-0.15, -0.1) is 0 Å². The van der Waals surface area contributed by atoms with Crippen molar-refractivity contribution in [3.63, 3.8) is 0 Å². The first kappa shape index (κ1) is 23.4. The lowest BCUT2D eigenvalue weighted by Crippen LogP contribution is -2.59. The van der Waals surface area contributed by atoms with Crippen LogP contribution in [0.3, 0.4) is 0 Å². The van der Waals surface area contributed by atoms with Crippen LogP contribution in [0.5, 0.6) is 5.75 Å². The molecule has 1 saturated heterocycles. The molecular formula is C28H40O4. The maximum atomic E-state index is 12.7. The molecule has 0 aromatic carbocycles. The zero-order chi connectivity index (χ0) is 23.6. The second kappa shape index (κ2) is 7.62. The van der Waals surface area contributed by atoms with Gasteiger partial charge in [0.1, 0.15) is 11.5 Å². The van der Waals surface area contributed by atoms with Crippen LogP contribution in [0.4, 0.5) is 0 Å². The summed E-state index contributed by atoms with van der Waals surface area (Å²) in [5, 5.41) is 10.8. The highest BCUT2D eigenvalue weighted by molar-refractivity contribution is 5.40. The number of aromatic hydroxyl groups is 1. The summed E-state index contributed by atoms with van der Waals surface area (Å²) in [5.74, 6) is 1.19.